The van der Waals surface area contributed by atoms with Crippen molar-refractivity contribution >= 4 is 0 Å². The van der Waals surface area contributed by atoms with Crippen LogP contribution in [0.5, 0.6) is 0 Å². The summed E-state index contributed by atoms with van der Waals surface area (Å²) in [7, 11) is 0. The number of pyridine rings is 4. The summed E-state index contributed by atoms with van der Waals surface area (Å²) in [6.45, 7) is 10.9. The zero-order valence-electron chi connectivity index (χ0n) is 70.1. The normalized spacial score (nSPS) is 10.9. The summed E-state index contributed by atoms with van der Waals surface area (Å²) in [5, 5.41) is 36.6. The van der Waals surface area contributed by atoms with Gasteiger partial charge in [0, 0.05) is 117 Å². The molecular formula is C109H90N16. The van der Waals surface area contributed by atoms with Crippen LogP contribution in [0.15, 0.2) is 414 Å². The summed E-state index contributed by atoms with van der Waals surface area (Å²) < 4.78 is 8.51. The summed E-state index contributed by atoms with van der Waals surface area (Å²) in [6, 6.07) is 125. The van der Waals surface area contributed by atoms with E-state index in [4.69, 9.17) is 0 Å². The van der Waals surface area contributed by atoms with Crippen molar-refractivity contribution in [3.05, 3.63) is 436 Å². The molecule has 0 radical (unpaired) electrons. The van der Waals surface area contributed by atoms with E-state index < -0.39 is 0 Å². The standard InChI is InChI=1S/2C28H24N4.C27H22N4.C26H20N4/c1-20(2)21-10-12-24(13-11-21)28-31-30-27(23-7-4-3-5-8-23)32(28)26-16-14-22(15-17-26)25-9-6-18-29-19-25;1-2-7-21-11-13-24(14-12-21)28-31-30-27(23-8-4-3-5-9-23)32(28)26-17-15-22(16-18-26)25-10-6-19-29-20-25;1-2-20-10-12-23(13-11-20)27-30-29-26(22-7-4-3-5-8-22)31(27)25-16-14-21(15-17-25)24-9-6-18-28-19-24;1-19-9-11-22(12-10-19)26-29-28-25(21-6-3-2-4-7-21)30(26)24-15-13-20(14-16-24)23-8-5-17-27-18-23/h3-20H,1-2H3;3-6,8-20H,2,7H2,1H3;3-19H,2H2,1H3;2-18H,1H3. The molecule has 125 heavy (non-hydrogen) atoms. The van der Waals surface area contributed by atoms with E-state index in [1.165, 1.54) is 22.3 Å². The summed E-state index contributed by atoms with van der Waals surface area (Å²) in [4.78, 5) is 16.9. The molecule has 0 aliphatic heterocycles. The van der Waals surface area contributed by atoms with E-state index in [0.717, 1.165) is 178 Å². The van der Waals surface area contributed by atoms with Gasteiger partial charge >= 0.3 is 0 Å². The lowest BCUT2D eigenvalue weighted by molar-refractivity contribution is 0.866. The van der Waals surface area contributed by atoms with Gasteiger partial charge in [-0.25, -0.2) is 0 Å². The molecule has 20 aromatic rings. The lowest BCUT2D eigenvalue weighted by Crippen LogP contribution is -2.00. The van der Waals surface area contributed by atoms with Crippen LogP contribution >= 0.6 is 0 Å². The number of hydrogen-bond donors (Lipinski definition) is 0. The maximum absolute atomic E-state index is 4.60. The van der Waals surface area contributed by atoms with Crippen molar-refractivity contribution < 1.29 is 0 Å². The second-order valence-electron chi connectivity index (χ2n) is 30.5. The highest BCUT2D eigenvalue weighted by Gasteiger charge is 2.23. The van der Waals surface area contributed by atoms with E-state index >= 15 is 0 Å². The Labute approximate surface area is 728 Å². The average Bonchev–Trinajstić information content (AvgIpc) is 1.66. The third-order valence-corrected chi connectivity index (χ3v) is 21.8. The minimum atomic E-state index is 0.488. The van der Waals surface area contributed by atoms with Gasteiger partial charge in [0.15, 0.2) is 46.6 Å². The summed E-state index contributed by atoms with van der Waals surface area (Å²) in [5.41, 5.74) is 26.4. The number of aromatic nitrogens is 16. The van der Waals surface area contributed by atoms with Crippen molar-refractivity contribution in [3.8, 4) is 158 Å². The van der Waals surface area contributed by atoms with Gasteiger partial charge in [-0.15, -0.1) is 40.8 Å². The predicted octanol–water partition coefficient (Wildman–Crippen LogP) is 25.6. The SMILES string of the molecule is CC(C)c1ccc(-c2nnc(-c3ccccc3)n2-c2ccc(-c3cccnc3)cc2)cc1.CCCc1ccc(-c2nnc(-c3ccccc3)n2-c2ccc(-c3cccnc3)cc2)cc1.CCc1ccc(-c2nnc(-c3ccccc3)n2-c2ccc(-c3cccnc3)cc2)cc1.Cc1ccc(-c2nnc(-c3ccccc3)n2-c2ccc(-c3cccnc3)cc2)cc1. The van der Waals surface area contributed by atoms with Crippen LogP contribution in [0, 0.1) is 6.92 Å². The maximum Gasteiger partial charge on any atom is 0.168 e. The molecule has 8 heterocycles. The molecule has 16 nitrogen and oxygen atoms in total. The molecule has 0 saturated heterocycles. The Morgan fingerprint density at radius 3 is 0.656 bits per heavy atom. The van der Waals surface area contributed by atoms with Crippen molar-refractivity contribution in [1.29, 1.82) is 0 Å². The fourth-order valence-corrected chi connectivity index (χ4v) is 15.0. The van der Waals surface area contributed by atoms with Gasteiger partial charge in [0.1, 0.15) is 0 Å². The average molecular weight is 1620 g/mol. The predicted molar refractivity (Wildman–Crippen MR) is 504 cm³/mol. The van der Waals surface area contributed by atoms with E-state index in [2.05, 4.69) is 381 Å². The fraction of sp³-hybridized carbons (Fsp3) is 0.0826. The smallest absolute Gasteiger partial charge is 0.168 e. The quantitative estimate of drug-likeness (QED) is 0.0707. The number of nitrogens with zero attached hydrogens (tertiary/aromatic N) is 16. The summed E-state index contributed by atoms with van der Waals surface area (Å²) >= 11 is 0. The monoisotopic (exact) mass is 1620 g/mol. The van der Waals surface area contributed by atoms with Crippen LogP contribution in [0.1, 0.15) is 62.3 Å². The molecule has 16 heteroatoms. The van der Waals surface area contributed by atoms with Gasteiger partial charge in [0.2, 0.25) is 0 Å². The van der Waals surface area contributed by atoms with Gasteiger partial charge in [-0.2, -0.15) is 0 Å². The van der Waals surface area contributed by atoms with Crippen LogP contribution < -0.4 is 0 Å². The number of benzene rings is 12. The molecule has 0 unspecified atom stereocenters. The molecule has 0 fully saturated rings. The molecule has 0 amide bonds. The molecule has 0 aliphatic rings. The van der Waals surface area contributed by atoms with Crippen LogP contribution in [0.4, 0.5) is 0 Å². The highest BCUT2D eigenvalue weighted by atomic mass is 15.3. The largest absolute Gasteiger partial charge is 0.275 e. The molecular weight excluding hydrogens is 1530 g/mol. The van der Waals surface area contributed by atoms with Crippen molar-refractivity contribution in [1.82, 2.24) is 79.0 Å². The van der Waals surface area contributed by atoms with Crippen LogP contribution in [0.2, 0.25) is 0 Å². The number of aryl methyl sites for hydroxylation is 3. The Kier molecular flexibility index (Phi) is 25.3. The highest BCUT2D eigenvalue weighted by molar-refractivity contribution is 5.75. The molecule has 0 bridgehead atoms. The third-order valence-electron chi connectivity index (χ3n) is 21.8. The maximum atomic E-state index is 4.60. The van der Waals surface area contributed by atoms with Crippen molar-refractivity contribution in [2.24, 2.45) is 0 Å². The van der Waals surface area contributed by atoms with Gasteiger partial charge in [0.05, 0.1) is 0 Å². The second kappa shape index (κ2) is 38.9. The Balaban J connectivity index is 0.000000118. The molecule has 0 N–H and O–H groups in total. The second-order valence-corrected chi connectivity index (χ2v) is 30.5. The van der Waals surface area contributed by atoms with Gasteiger partial charge < -0.3 is 0 Å². The molecule has 0 atom stereocenters. The van der Waals surface area contributed by atoms with E-state index in [0.29, 0.717) is 5.92 Å². The minimum absolute atomic E-state index is 0.488. The zero-order chi connectivity index (χ0) is 85.1. The van der Waals surface area contributed by atoms with Gasteiger partial charge in [-0.05, 0) is 160 Å². The Hall–Kier alpha value is -16.2. The first-order chi connectivity index (χ1) is 61.7. The van der Waals surface area contributed by atoms with Crippen LogP contribution in [-0.4, -0.2) is 79.0 Å². The van der Waals surface area contributed by atoms with E-state index in [1.807, 2.05) is 122 Å². The minimum Gasteiger partial charge on any atom is -0.275 e. The topological polar surface area (TPSA) is 174 Å². The van der Waals surface area contributed by atoms with Crippen LogP contribution in [0.25, 0.3) is 158 Å². The van der Waals surface area contributed by atoms with Gasteiger partial charge in [0.25, 0.3) is 0 Å². The summed E-state index contributed by atoms with van der Waals surface area (Å²) in [6.07, 6.45) is 17.9. The first-order valence-electron chi connectivity index (χ1n) is 42.1. The van der Waals surface area contributed by atoms with E-state index in [-0.39, 0.29) is 0 Å². The fourth-order valence-electron chi connectivity index (χ4n) is 15.0. The van der Waals surface area contributed by atoms with Gasteiger partial charge in [-0.1, -0.05) is 331 Å². The third kappa shape index (κ3) is 18.9. The zero-order valence-corrected chi connectivity index (χ0v) is 70.1. The first kappa shape index (κ1) is 81.2. The van der Waals surface area contributed by atoms with Crippen LogP contribution in [0.3, 0.4) is 0 Å². The lowest BCUT2D eigenvalue weighted by Gasteiger charge is -2.13. The summed E-state index contributed by atoms with van der Waals surface area (Å²) in [5.74, 6) is 7.09. The molecule has 20 rings (SSSR count). The highest BCUT2D eigenvalue weighted by Crippen LogP contribution is 2.37. The Bertz CT molecular complexity index is 6800. The van der Waals surface area contributed by atoms with Crippen molar-refractivity contribution in [3.63, 3.8) is 0 Å². The van der Waals surface area contributed by atoms with E-state index in [1.54, 1.807) is 24.8 Å². The lowest BCUT2D eigenvalue weighted by atomic mass is 10.0. The first-order valence-corrected chi connectivity index (χ1v) is 42.1. The van der Waals surface area contributed by atoms with Gasteiger partial charge in [-0.3, -0.25) is 38.2 Å². The Morgan fingerprint density at radius 2 is 0.432 bits per heavy atom. The van der Waals surface area contributed by atoms with E-state index in [9.17, 15) is 0 Å². The Morgan fingerprint density at radius 1 is 0.216 bits per heavy atom. The molecule has 606 valence electrons. The molecule has 0 saturated carbocycles. The number of hydrogen-bond acceptors (Lipinski definition) is 12. The molecule has 0 spiro atoms. The van der Waals surface area contributed by atoms with Crippen molar-refractivity contribution in [2.45, 2.75) is 59.8 Å². The number of rotatable bonds is 20. The molecule has 8 aromatic heterocycles. The van der Waals surface area contributed by atoms with Crippen molar-refractivity contribution in [2.75, 3.05) is 0 Å². The molecule has 12 aromatic carbocycles. The van der Waals surface area contributed by atoms with Crippen LogP contribution in [-0.2, 0) is 12.8 Å². The molecule has 0 aliphatic carbocycles.